The first-order valence-electron chi connectivity index (χ1n) is 7.49. The summed E-state index contributed by atoms with van der Waals surface area (Å²) in [6, 6.07) is 9.90. The lowest BCUT2D eigenvalue weighted by Gasteiger charge is -2.11. The van der Waals surface area contributed by atoms with Crippen LogP contribution in [-0.2, 0) is 4.74 Å². The zero-order valence-electron chi connectivity index (χ0n) is 14.3. The Balaban J connectivity index is 2.08. The average molecular weight is 389 g/mol. The monoisotopic (exact) mass is 389 g/mol. The van der Waals surface area contributed by atoms with Crippen LogP contribution < -0.4 is 15.4 Å². The van der Waals surface area contributed by atoms with Crippen LogP contribution in [0.1, 0.15) is 20.7 Å². The number of ether oxygens (including phenoxy) is 2. The first kappa shape index (κ1) is 19.8. The third-order valence-electron chi connectivity index (χ3n) is 3.45. The Hall–Kier alpha value is -3.53. The van der Waals surface area contributed by atoms with Crippen molar-refractivity contribution in [2.75, 3.05) is 19.5 Å². The van der Waals surface area contributed by atoms with Crippen molar-refractivity contribution >= 4 is 40.6 Å². The number of rotatable bonds is 5. The number of nitrogens with zero attached hydrogens (tertiary/aromatic N) is 1. The molecule has 0 saturated carbocycles. The highest BCUT2D eigenvalue weighted by Gasteiger charge is 2.17. The molecule has 0 spiro atoms. The van der Waals surface area contributed by atoms with E-state index in [0.29, 0.717) is 11.3 Å². The van der Waals surface area contributed by atoms with E-state index >= 15 is 0 Å². The molecule has 0 atom stereocenters. The number of nitro groups is 1. The van der Waals surface area contributed by atoms with E-state index in [4.69, 9.17) is 17.0 Å². The number of esters is 1. The van der Waals surface area contributed by atoms with Gasteiger partial charge >= 0.3 is 5.97 Å². The van der Waals surface area contributed by atoms with Gasteiger partial charge in [-0.15, -0.1) is 0 Å². The number of hydrogen-bond donors (Lipinski definition) is 2. The molecule has 0 saturated heterocycles. The summed E-state index contributed by atoms with van der Waals surface area (Å²) in [5.41, 5.74) is 0.389. The van der Waals surface area contributed by atoms with Crippen molar-refractivity contribution in [1.29, 1.82) is 0 Å². The molecule has 2 rings (SSSR count). The van der Waals surface area contributed by atoms with Crippen LogP contribution in [-0.4, -0.2) is 36.1 Å². The van der Waals surface area contributed by atoms with Gasteiger partial charge in [0.2, 0.25) is 0 Å². The van der Waals surface area contributed by atoms with Crippen LogP contribution in [0.2, 0.25) is 0 Å². The van der Waals surface area contributed by atoms with Crippen LogP contribution in [0.4, 0.5) is 11.4 Å². The molecule has 0 bridgehead atoms. The van der Waals surface area contributed by atoms with Gasteiger partial charge in [0.1, 0.15) is 11.4 Å². The molecule has 0 aromatic heterocycles. The maximum atomic E-state index is 12.2. The average Bonchev–Trinajstić information content (AvgIpc) is 2.67. The number of nitrogens with one attached hydrogen (secondary N) is 2. The Kier molecular flexibility index (Phi) is 6.39. The van der Waals surface area contributed by atoms with Crippen molar-refractivity contribution in [2.24, 2.45) is 0 Å². The highest BCUT2D eigenvalue weighted by Crippen LogP contribution is 2.28. The second-order valence-electron chi connectivity index (χ2n) is 5.12. The van der Waals surface area contributed by atoms with Gasteiger partial charge in [0.25, 0.3) is 11.6 Å². The summed E-state index contributed by atoms with van der Waals surface area (Å²) in [6.07, 6.45) is 0. The molecule has 27 heavy (non-hydrogen) atoms. The van der Waals surface area contributed by atoms with E-state index in [1.165, 1.54) is 56.7 Å². The van der Waals surface area contributed by atoms with Gasteiger partial charge in [0.15, 0.2) is 5.11 Å². The molecule has 0 aliphatic rings. The van der Waals surface area contributed by atoms with Gasteiger partial charge in [-0.3, -0.25) is 20.2 Å². The van der Waals surface area contributed by atoms with Gasteiger partial charge in [0, 0.05) is 5.56 Å². The molecule has 2 N–H and O–H groups in total. The predicted molar refractivity (Wildman–Crippen MR) is 101 cm³/mol. The highest BCUT2D eigenvalue weighted by molar-refractivity contribution is 7.80. The Bertz CT molecular complexity index is 898. The van der Waals surface area contributed by atoms with Crippen LogP contribution in [0.5, 0.6) is 5.75 Å². The number of carbonyl (C=O) groups excluding carboxylic acids is 2. The quantitative estimate of drug-likeness (QED) is 0.346. The molecule has 140 valence electrons. The Morgan fingerprint density at radius 3 is 2.26 bits per heavy atom. The van der Waals surface area contributed by atoms with Gasteiger partial charge < -0.3 is 14.8 Å². The smallest absolute Gasteiger partial charge is 0.337 e. The van der Waals surface area contributed by atoms with E-state index in [1.807, 2.05) is 0 Å². The van der Waals surface area contributed by atoms with Crippen molar-refractivity contribution in [3.63, 3.8) is 0 Å². The fourth-order valence-corrected chi connectivity index (χ4v) is 2.30. The van der Waals surface area contributed by atoms with Gasteiger partial charge in [-0.25, -0.2) is 4.79 Å². The largest absolute Gasteiger partial charge is 0.496 e. The van der Waals surface area contributed by atoms with Crippen LogP contribution in [0, 0.1) is 10.1 Å². The Labute approximate surface area is 159 Å². The van der Waals surface area contributed by atoms with Crippen molar-refractivity contribution in [2.45, 2.75) is 0 Å². The summed E-state index contributed by atoms with van der Waals surface area (Å²) in [5.74, 6) is -0.751. The predicted octanol–water partition coefficient (Wildman–Crippen LogP) is 2.52. The molecule has 0 aliphatic carbocycles. The molecule has 0 unspecified atom stereocenters. The van der Waals surface area contributed by atoms with Gasteiger partial charge in [-0.1, -0.05) is 0 Å². The molecule has 0 aliphatic heterocycles. The summed E-state index contributed by atoms with van der Waals surface area (Å²) >= 11 is 5.03. The normalized spacial score (nSPS) is 9.85. The number of nitro benzene ring substituents is 1. The van der Waals surface area contributed by atoms with E-state index in [1.54, 1.807) is 0 Å². The number of thiocarbonyl (C=S) groups is 1. The van der Waals surface area contributed by atoms with Crippen LogP contribution >= 0.6 is 12.2 Å². The molecule has 0 radical (unpaired) electrons. The summed E-state index contributed by atoms with van der Waals surface area (Å²) in [5, 5.41) is 16.1. The summed E-state index contributed by atoms with van der Waals surface area (Å²) in [7, 11) is 2.65. The molecule has 9 nitrogen and oxygen atoms in total. The summed E-state index contributed by atoms with van der Waals surface area (Å²) in [4.78, 5) is 34.2. The van der Waals surface area contributed by atoms with E-state index in [9.17, 15) is 19.7 Å². The Morgan fingerprint density at radius 1 is 1.07 bits per heavy atom. The van der Waals surface area contributed by atoms with E-state index in [0.717, 1.165) is 0 Å². The number of hydrogen-bond acceptors (Lipinski definition) is 7. The van der Waals surface area contributed by atoms with Crippen LogP contribution in [0.3, 0.4) is 0 Å². The number of benzene rings is 2. The molecule has 10 heteroatoms. The second-order valence-corrected chi connectivity index (χ2v) is 5.53. The third kappa shape index (κ3) is 4.98. The maximum absolute atomic E-state index is 12.2. The standard InChI is InChI=1S/C17H15N3O6S/c1-25-12-7-8-13(14(9-12)20(23)24)18-17(27)19-15(21)10-3-5-11(6-4-10)16(22)26-2/h3-9H,1-2H3,(H2,18,19,21,27). The lowest BCUT2D eigenvalue weighted by molar-refractivity contribution is -0.384. The number of amides is 1. The van der Waals surface area contributed by atoms with Crippen molar-refractivity contribution in [1.82, 2.24) is 5.32 Å². The fourth-order valence-electron chi connectivity index (χ4n) is 2.10. The SMILES string of the molecule is COC(=O)c1ccc(C(=O)NC(=S)Nc2ccc(OC)cc2[N+](=O)[O-])cc1. The maximum Gasteiger partial charge on any atom is 0.337 e. The first-order chi connectivity index (χ1) is 12.8. The number of carbonyl (C=O) groups is 2. The number of methoxy groups -OCH3 is 2. The van der Waals surface area contributed by atoms with Crippen LogP contribution in [0.25, 0.3) is 0 Å². The highest BCUT2D eigenvalue weighted by atomic mass is 32.1. The van der Waals surface area contributed by atoms with Crippen molar-refractivity contribution < 1.29 is 24.0 Å². The van der Waals surface area contributed by atoms with Gasteiger partial charge in [-0.2, -0.15) is 0 Å². The number of anilines is 1. The molecule has 0 fully saturated rings. The molecule has 1 amide bonds. The summed E-state index contributed by atoms with van der Waals surface area (Å²) < 4.78 is 9.53. The minimum absolute atomic E-state index is 0.104. The lowest BCUT2D eigenvalue weighted by atomic mass is 10.1. The topological polar surface area (TPSA) is 120 Å². The minimum atomic E-state index is -0.596. The molecule has 2 aromatic rings. The van der Waals surface area contributed by atoms with Gasteiger partial charge in [0.05, 0.1) is 30.8 Å². The molecule has 2 aromatic carbocycles. The van der Waals surface area contributed by atoms with Crippen molar-refractivity contribution in [3.8, 4) is 5.75 Å². The first-order valence-corrected chi connectivity index (χ1v) is 7.89. The van der Waals surface area contributed by atoms with E-state index < -0.39 is 16.8 Å². The fraction of sp³-hybridized carbons (Fsp3) is 0.118. The van der Waals surface area contributed by atoms with E-state index in [2.05, 4.69) is 15.4 Å². The van der Waals surface area contributed by atoms with Crippen molar-refractivity contribution in [3.05, 3.63) is 63.7 Å². The Morgan fingerprint density at radius 2 is 1.70 bits per heavy atom. The molecular formula is C17H15N3O6S. The molecular weight excluding hydrogens is 374 g/mol. The third-order valence-corrected chi connectivity index (χ3v) is 3.65. The zero-order chi connectivity index (χ0) is 20.0. The molecule has 0 heterocycles. The lowest BCUT2D eigenvalue weighted by Crippen LogP contribution is -2.34. The van der Waals surface area contributed by atoms with Gasteiger partial charge in [-0.05, 0) is 48.6 Å². The zero-order valence-corrected chi connectivity index (χ0v) is 15.2. The second kappa shape index (κ2) is 8.72. The summed E-state index contributed by atoms with van der Waals surface area (Å²) in [6.45, 7) is 0. The minimum Gasteiger partial charge on any atom is -0.496 e. The van der Waals surface area contributed by atoms with E-state index in [-0.39, 0.29) is 22.1 Å². The van der Waals surface area contributed by atoms with Crippen LogP contribution in [0.15, 0.2) is 42.5 Å².